The fraction of sp³-hybridized carbons (Fsp3) is 0.545. The number of rotatable bonds is 1. The monoisotopic (exact) mass is 192 g/mol. The Bertz CT molecular complexity index is 321. The lowest BCUT2D eigenvalue weighted by Gasteiger charge is -2.25. The van der Waals surface area contributed by atoms with E-state index in [-0.39, 0.29) is 5.54 Å². The Morgan fingerprint density at radius 1 is 1.64 bits per heavy atom. The molecule has 0 saturated carbocycles. The van der Waals surface area contributed by atoms with Crippen LogP contribution in [-0.2, 0) is 4.74 Å². The largest absolute Gasteiger partial charge is 0.477 e. The first kappa shape index (κ1) is 10.6. The molecule has 3 nitrogen and oxygen atoms in total. The number of allylic oxidation sites excluding steroid dienone is 3. The Morgan fingerprint density at radius 3 is 2.71 bits per heavy atom. The Kier molecular flexibility index (Phi) is 2.85. The highest BCUT2D eigenvalue weighted by Crippen LogP contribution is 2.27. The van der Waals surface area contributed by atoms with Gasteiger partial charge in [-0.3, -0.25) is 0 Å². The molecule has 1 rings (SSSR count). The zero-order chi connectivity index (χ0) is 10.8. The van der Waals surface area contributed by atoms with Gasteiger partial charge in [0.15, 0.2) is 5.88 Å². The molecule has 0 aromatic rings. The SMILES string of the molecule is C/C(C#N)=C/C=C1/OCC(C)(C)N1C. The molecule has 0 aromatic carbocycles. The lowest BCUT2D eigenvalue weighted by atomic mass is 10.1. The van der Waals surface area contributed by atoms with Crippen molar-refractivity contribution < 1.29 is 4.74 Å². The maximum Gasteiger partial charge on any atom is 0.189 e. The lowest BCUT2D eigenvalue weighted by molar-refractivity contribution is 0.236. The standard InChI is InChI=1S/C11H16N2O/c1-9(7-12)5-6-10-13(4)11(2,3)8-14-10/h5-6H,8H2,1-4H3/b9-5-,10-6+. The third-order valence-electron chi connectivity index (χ3n) is 2.46. The molecule has 1 heterocycles. The molecule has 0 radical (unpaired) electrons. The van der Waals surface area contributed by atoms with Crippen LogP contribution in [0.5, 0.6) is 0 Å². The number of likely N-dealkylation sites (N-methyl/N-ethyl adjacent to an activating group) is 1. The van der Waals surface area contributed by atoms with Crippen LogP contribution in [0.4, 0.5) is 0 Å². The van der Waals surface area contributed by atoms with Crippen LogP contribution in [0.2, 0.25) is 0 Å². The summed E-state index contributed by atoms with van der Waals surface area (Å²) in [4.78, 5) is 2.08. The molecule has 0 unspecified atom stereocenters. The van der Waals surface area contributed by atoms with E-state index in [1.54, 1.807) is 13.0 Å². The average molecular weight is 192 g/mol. The Morgan fingerprint density at radius 2 is 2.29 bits per heavy atom. The van der Waals surface area contributed by atoms with Gasteiger partial charge in [-0.2, -0.15) is 5.26 Å². The van der Waals surface area contributed by atoms with Gasteiger partial charge >= 0.3 is 0 Å². The zero-order valence-corrected chi connectivity index (χ0v) is 9.16. The van der Waals surface area contributed by atoms with Crippen LogP contribution in [0.1, 0.15) is 20.8 Å². The summed E-state index contributed by atoms with van der Waals surface area (Å²) in [6.45, 7) is 6.70. The quantitative estimate of drug-likeness (QED) is 0.596. The molecule has 0 amide bonds. The third-order valence-corrected chi connectivity index (χ3v) is 2.46. The van der Waals surface area contributed by atoms with Crippen molar-refractivity contribution in [1.29, 1.82) is 5.26 Å². The van der Waals surface area contributed by atoms with E-state index < -0.39 is 0 Å². The van der Waals surface area contributed by atoms with Gasteiger partial charge in [0.25, 0.3) is 0 Å². The Labute approximate surface area is 85.3 Å². The van der Waals surface area contributed by atoms with Gasteiger partial charge in [-0.1, -0.05) is 0 Å². The molecule has 0 aromatic heterocycles. The first-order chi connectivity index (χ1) is 6.47. The van der Waals surface area contributed by atoms with Crippen LogP contribution in [0.15, 0.2) is 23.6 Å². The minimum absolute atomic E-state index is 0.0419. The van der Waals surface area contributed by atoms with E-state index in [4.69, 9.17) is 10.00 Å². The molecular formula is C11H16N2O. The highest BCUT2D eigenvalue weighted by atomic mass is 16.5. The fourth-order valence-corrected chi connectivity index (χ4v) is 1.14. The second-order valence-electron chi connectivity index (χ2n) is 4.13. The number of nitriles is 1. The van der Waals surface area contributed by atoms with Crippen molar-refractivity contribution in [2.75, 3.05) is 13.7 Å². The first-order valence-electron chi connectivity index (χ1n) is 4.63. The molecule has 1 saturated heterocycles. The second kappa shape index (κ2) is 3.75. The molecule has 1 aliphatic rings. The summed E-state index contributed by atoms with van der Waals surface area (Å²) in [7, 11) is 1.99. The topological polar surface area (TPSA) is 36.3 Å². The number of nitrogens with zero attached hydrogens (tertiary/aromatic N) is 2. The van der Waals surface area contributed by atoms with Crippen LogP contribution in [-0.4, -0.2) is 24.1 Å². The third kappa shape index (κ3) is 2.08. The number of ether oxygens (including phenoxy) is 1. The van der Waals surface area contributed by atoms with Gasteiger partial charge < -0.3 is 9.64 Å². The Balaban J connectivity index is 2.79. The van der Waals surface area contributed by atoms with Gasteiger partial charge in [-0.05, 0) is 32.9 Å². The van der Waals surface area contributed by atoms with Crippen molar-refractivity contribution in [3.8, 4) is 6.07 Å². The predicted octanol–water partition coefficient (Wildman–Crippen LogP) is 2.04. The summed E-state index contributed by atoms with van der Waals surface area (Å²) in [5, 5.41) is 8.58. The predicted molar refractivity (Wildman–Crippen MR) is 55.2 cm³/mol. The molecule has 1 aliphatic heterocycles. The van der Waals surface area contributed by atoms with Crippen molar-refractivity contribution in [3.63, 3.8) is 0 Å². The highest BCUT2D eigenvalue weighted by molar-refractivity contribution is 5.24. The molecular weight excluding hydrogens is 176 g/mol. The second-order valence-corrected chi connectivity index (χ2v) is 4.13. The average Bonchev–Trinajstić information content (AvgIpc) is 2.40. The fourth-order valence-electron chi connectivity index (χ4n) is 1.14. The minimum Gasteiger partial charge on any atom is -0.477 e. The van der Waals surface area contributed by atoms with Gasteiger partial charge in [-0.25, -0.2) is 0 Å². The van der Waals surface area contributed by atoms with Crippen LogP contribution in [0, 0.1) is 11.3 Å². The summed E-state index contributed by atoms with van der Waals surface area (Å²) < 4.78 is 5.51. The molecule has 0 atom stereocenters. The number of hydrogen-bond acceptors (Lipinski definition) is 3. The smallest absolute Gasteiger partial charge is 0.189 e. The van der Waals surface area contributed by atoms with E-state index in [1.165, 1.54) is 0 Å². The van der Waals surface area contributed by atoms with Gasteiger partial charge in [0, 0.05) is 12.6 Å². The van der Waals surface area contributed by atoms with Gasteiger partial charge in [0.05, 0.1) is 11.6 Å². The van der Waals surface area contributed by atoms with Crippen molar-refractivity contribution >= 4 is 0 Å². The van der Waals surface area contributed by atoms with E-state index in [9.17, 15) is 0 Å². The maximum atomic E-state index is 8.58. The summed E-state index contributed by atoms with van der Waals surface area (Å²) in [6.07, 6.45) is 3.61. The molecule has 14 heavy (non-hydrogen) atoms. The van der Waals surface area contributed by atoms with Crippen molar-refractivity contribution in [2.45, 2.75) is 26.3 Å². The zero-order valence-electron chi connectivity index (χ0n) is 9.16. The Hall–Kier alpha value is -1.43. The van der Waals surface area contributed by atoms with E-state index in [0.29, 0.717) is 12.2 Å². The summed E-state index contributed by atoms with van der Waals surface area (Å²) in [5.41, 5.74) is 0.722. The van der Waals surface area contributed by atoms with Crippen LogP contribution < -0.4 is 0 Å². The molecule has 76 valence electrons. The van der Waals surface area contributed by atoms with Gasteiger partial charge in [-0.15, -0.1) is 0 Å². The molecule has 0 bridgehead atoms. The van der Waals surface area contributed by atoms with Crippen LogP contribution >= 0.6 is 0 Å². The van der Waals surface area contributed by atoms with Gasteiger partial charge in [0.2, 0.25) is 0 Å². The molecule has 0 aliphatic carbocycles. The van der Waals surface area contributed by atoms with Crippen molar-refractivity contribution in [3.05, 3.63) is 23.6 Å². The highest BCUT2D eigenvalue weighted by Gasteiger charge is 2.33. The minimum atomic E-state index is 0.0419. The van der Waals surface area contributed by atoms with E-state index in [0.717, 1.165) is 5.88 Å². The number of hydrogen-bond donors (Lipinski definition) is 0. The molecule has 0 spiro atoms. The molecule has 0 N–H and O–H groups in total. The van der Waals surface area contributed by atoms with Gasteiger partial charge in [0.1, 0.15) is 6.61 Å². The van der Waals surface area contributed by atoms with E-state index in [1.807, 2.05) is 13.1 Å². The summed E-state index contributed by atoms with van der Waals surface area (Å²) in [5.74, 6) is 0.824. The van der Waals surface area contributed by atoms with Crippen LogP contribution in [0.25, 0.3) is 0 Å². The summed E-state index contributed by atoms with van der Waals surface area (Å²) in [6, 6.07) is 2.07. The first-order valence-corrected chi connectivity index (χ1v) is 4.63. The van der Waals surface area contributed by atoms with E-state index >= 15 is 0 Å². The summed E-state index contributed by atoms with van der Waals surface area (Å²) >= 11 is 0. The maximum absolute atomic E-state index is 8.58. The molecule has 1 fully saturated rings. The molecule has 3 heteroatoms. The normalized spacial score (nSPS) is 23.5. The van der Waals surface area contributed by atoms with Crippen molar-refractivity contribution in [2.24, 2.45) is 0 Å². The lowest BCUT2D eigenvalue weighted by Crippen LogP contribution is -2.36. The van der Waals surface area contributed by atoms with Crippen LogP contribution in [0.3, 0.4) is 0 Å². The van der Waals surface area contributed by atoms with E-state index in [2.05, 4.69) is 24.8 Å². The van der Waals surface area contributed by atoms with Crippen molar-refractivity contribution in [1.82, 2.24) is 4.90 Å².